The zero-order valence-electron chi connectivity index (χ0n) is 15.1. The van der Waals surface area contributed by atoms with Gasteiger partial charge in [0.2, 0.25) is 0 Å². The molecule has 0 aliphatic rings. The highest BCUT2D eigenvalue weighted by atomic mass is 16.3. The molecule has 1 atom stereocenters. The number of aromatic nitrogens is 2. The SMILES string of the molecule is CCn1c2ccccc2c2cc([C@@H](O)c3cccc4ncccc34)ccc21. The second-order valence-electron chi connectivity index (χ2n) is 6.86. The zero-order chi connectivity index (χ0) is 18.4. The Morgan fingerprint density at radius 1 is 0.852 bits per heavy atom. The summed E-state index contributed by atoms with van der Waals surface area (Å²) in [5.41, 5.74) is 5.12. The van der Waals surface area contributed by atoms with Gasteiger partial charge in [-0.2, -0.15) is 0 Å². The number of aliphatic hydroxyl groups is 1. The predicted molar refractivity (Wildman–Crippen MR) is 111 cm³/mol. The lowest BCUT2D eigenvalue weighted by Crippen LogP contribution is -2.01. The molecule has 0 bridgehead atoms. The summed E-state index contributed by atoms with van der Waals surface area (Å²) in [5.74, 6) is 0. The van der Waals surface area contributed by atoms with Crippen LogP contribution in [0.1, 0.15) is 24.2 Å². The molecular formula is C24H20N2O. The minimum absolute atomic E-state index is 0.689. The van der Waals surface area contributed by atoms with Crippen molar-refractivity contribution in [1.82, 2.24) is 9.55 Å². The van der Waals surface area contributed by atoms with E-state index < -0.39 is 6.10 Å². The molecule has 27 heavy (non-hydrogen) atoms. The molecular weight excluding hydrogens is 332 g/mol. The molecule has 0 saturated carbocycles. The second-order valence-corrected chi connectivity index (χ2v) is 6.86. The van der Waals surface area contributed by atoms with E-state index in [9.17, 15) is 5.11 Å². The highest BCUT2D eigenvalue weighted by Crippen LogP contribution is 2.34. The van der Waals surface area contributed by atoms with Gasteiger partial charge in [-0.1, -0.05) is 42.5 Å². The van der Waals surface area contributed by atoms with Crippen LogP contribution in [0.3, 0.4) is 0 Å². The summed E-state index contributed by atoms with van der Waals surface area (Å²) in [5, 5.41) is 14.5. The second kappa shape index (κ2) is 6.22. The van der Waals surface area contributed by atoms with Crippen molar-refractivity contribution in [3.63, 3.8) is 0 Å². The van der Waals surface area contributed by atoms with E-state index in [0.717, 1.165) is 28.6 Å². The van der Waals surface area contributed by atoms with E-state index in [4.69, 9.17) is 0 Å². The molecule has 0 saturated heterocycles. The number of pyridine rings is 1. The Balaban J connectivity index is 1.72. The summed E-state index contributed by atoms with van der Waals surface area (Å²) in [7, 11) is 0. The van der Waals surface area contributed by atoms with Crippen molar-refractivity contribution in [2.24, 2.45) is 0 Å². The molecule has 3 aromatic carbocycles. The van der Waals surface area contributed by atoms with E-state index in [2.05, 4.69) is 52.9 Å². The maximum Gasteiger partial charge on any atom is 0.105 e. The third kappa shape index (κ3) is 2.43. The number of hydrogen-bond acceptors (Lipinski definition) is 2. The Morgan fingerprint density at radius 3 is 2.56 bits per heavy atom. The Kier molecular flexibility index (Phi) is 3.69. The average molecular weight is 352 g/mol. The van der Waals surface area contributed by atoms with Crippen molar-refractivity contribution in [1.29, 1.82) is 0 Å². The molecule has 132 valence electrons. The van der Waals surface area contributed by atoms with Crippen LogP contribution in [0.4, 0.5) is 0 Å². The lowest BCUT2D eigenvalue weighted by atomic mass is 9.96. The van der Waals surface area contributed by atoms with Gasteiger partial charge in [-0.05, 0) is 48.4 Å². The van der Waals surface area contributed by atoms with E-state index in [0.29, 0.717) is 0 Å². The zero-order valence-corrected chi connectivity index (χ0v) is 15.1. The normalized spacial score (nSPS) is 12.8. The molecule has 5 rings (SSSR count). The topological polar surface area (TPSA) is 38.0 Å². The van der Waals surface area contributed by atoms with E-state index >= 15 is 0 Å². The van der Waals surface area contributed by atoms with Crippen LogP contribution >= 0.6 is 0 Å². The molecule has 0 radical (unpaired) electrons. The molecule has 0 aliphatic heterocycles. The fraction of sp³-hybridized carbons (Fsp3) is 0.125. The van der Waals surface area contributed by atoms with Crippen molar-refractivity contribution >= 4 is 32.7 Å². The van der Waals surface area contributed by atoms with Gasteiger partial charge in [0.25, 0.3) is 0 Å². The van der Waals surface area contributed by atoms with Crippen LogP contribution in [-0.4, -0.2) is 14.7 Å². The maximum atomic E-state index is 11.2. The molecule has 0 aliphatic carbocycles. The van der Waals surface area contributed by atoms with E-state index in [1.807, 2.05) is 36.4 Å². The Morgan fingerprint density at radius 2 is 1.67 bits per heavy atom. The van der Waals surface area contributed by atoms with Gasteiger partial charge >= 0.3 is 0 Å². The lowest BCUT2D eigenvalue weighted by Gasteiger charge is -2.14. The third-order valence-corrected chi connectivity index (χ3v) is 5.40. The number of hydrogen-bond donors (Lipinski definition) is 1. The summed E-state index contributed by atoms with van der Waals surface area (Å²) in [6.45, 7) is 3.08. The van der Waals surface area contributed by atoms with Gasteiger partial charge in [-0.15, -0.1) is 0 Å². The smallest absolute Gasteiger partial charge is 0.105 e. The summed E-state index contributed by atoms with van der Waals surface area (Å²) in [6.07, 6.45) is 1.09. The summed E-state index contributed by atoms with van der Waals surface area (Å²) in [4.78, 5) is 4.41. The number of aryl methyl sites for hydroxylation is 1. The summed E-state index contributed by atoms with van der Waals surface area (Å²) < 4.78 is 2.32. The number of nitrogens with zero attached hydrogens (tertiary/aromatic N) is 2. The number of aliphatic hydroxyl groups excluding tert-OH is 1. The molecule has 0 fully saturated rings. The van der Waals surface area contributed by atoms with Crippen molar-refractivity contribution in [3.8, 4) is 0 Å². The lowest BCUT2D eigenvalue weighted by molar-refractivity contribution is 0.222. The minimum Gasteiger partial charge on any atom is -0.384 e. The van der Waals surface area contributed by atoms with Gasteiger partial charge in [-0.3, -0.25) is 4.98 Å². The maximum absolute atomic E-state index is 11.2. The standard InChI is InChI=1S/C24H20N2O/c1-2-26-22-11-4-3-7-18(22)20-15-16(12-13-23(20)26)24(27)19-8-5-10-21-17(19)9-6-14-25-21/h3-15,24,27H,2H2,1H3/t24-/m1/s1. The first-order valence-electron chi connectivity index (χ1n) is 9.30. The van der Waals surface area contributed by atoms with Crippen LogP contribution in [-0.2, 0) is 6.54 Å². The largest absolute Gasteiger partial charge is 0.384 e. The van der Waals surface area contributed by atoms with Crippen molar-refractivity contribution in [2.75, 3.05) is 0 Å². The molecule has 3 nitrogen and oxygen atoms in total. The predicted octanol–water partition coefficient (Wildman–Crippen LogP) is 5.44. The van der Waals surface area contributed by atoms with Crippen LogP contribution in [0.2, 0.25) is 0 Å². The van der Waals surface area contributed by atoms with Gasteiger partial charge in [0, 0.05) is 39.9 Å². The van der Waals surface area contributed by atoms with Crippen LogP contribution in [0.25, 0.3) is 32.7 Å². The van der Waals surface area contributed by atoms with E-state index in [1.165, 1.54) is 21.8 Å². The van der Waals surface area contributed by atoms with Gasteiger partial charge < -0.3 is 9.67 Å². The minimum atomic E-state index is -0.689. The molecule has 0 unspecified atom stereocenters. The van der Waals surface area contributed by atoms with Crippen LogP contribution in [0.5, 0.6) is 0 Å². The third-order valence-electron chi connectivity index (χ3n) is 5.40. The van der Waals surface area contributed by atoms with Crippen LogP contribution < -0.4 is 0 Å². The fourth-order valence-corrected chi connectivity index (χ4v) is 4.13. The molecule has 0 spiro atoms. The molecule has 1 N–H and O–H groups in total. The molecule has 3 heteroatoms. The molecule has 0 amide bonds. The van der Waals surface area contributed by atoms with Gasteiger partial charge in [0.15, 0.2) is 0 Å². The fourth-order valence-electron chi connectivity index (χ4n) is 4.13. The number of rotatable bonds is 3. The summed E-state index contributed by atoms with van der Waals surface area (Å²) >= 11 is 0. The Hall–Kier alpha value is -3.17. The summed E-state index contributed by atoms with van der Waals surface area (Å²) in [6, 6.07) is 24.6. The first-order chi connectivity index (χ1) is 13.3. The first-order valence-corrected chi connectivity index (χ1v) is 9.30. The van der Waals surface area contributed by atoms with Crippen molar-refractivity contribution in [2.45, 2.75) is 19.6 Å². The molecule has 5 aromatic rings. The van der Waals surface area contributed by atoms with Gasteiger partial charge in [-0.25, -0.2) is 0 Å². The van der Waals surface area contributed by atoms with Crippen molar-refractivity contribution in [3.05, 3.63) is 90.1 Å². The quantitative estimate of drug-likeness (QED) is 0.469. The number of benzene rings is 3. The Bertz CT molecular complexity index is 1280. The van der Waals surface area contributed by atoms with E-state index in [1.54, 1.807) is 6.20 Å². The highest BCUT2D eigenvalue weighted by molar-refractivity contribution is 6.08. The van der Waals surface area contributed by atoms with E-state index in [-0.39, 0.29) is 0 Å². The molecule has 2 heterocycles. The van der Waals surface area contributed by atoms with Crippen molar-refractivity contribution < 1.29 is 5.11 Å². The first kappa shape index (κ1) is 16.0. The number of fused-ring (bicyclic) bond motifs is 4. The van der Waals surface area contributed by atoms with Crippen LogP contribution in [0, 0.1) is 0 Å². The van der Waals surface area contributed by atoms with Gasteiger partial charge in [0.05, 0.1) is 5.52 Å². The monoisotopic (exact) mass is 352 g/mol. The Labute approximate surface area is 157 Å². The number of para-hydroxylation sites is 1. The van der Waals surface area contributed by atoms with Crippen LogP contribution in [0.15, 0.2) is 79.0 Å². The molecule has 2 aromatic heterocycles. The highest BCUT2D eigenvalue weighted by Gasteiger charge is 2.16. The van der Waals surface area contributed by atoms with Gasteiger partial charge in [0.1, 0.15) is 6.10 Å². The average Bonchev–Trinajstić information content (AvgIpc) is 3.05.